The average Bonchev–Trinajstić information content (AvgIpc) is 1.79. The van der Waals surface area contributed by atoms with E-state index >= 15 is 0 Å². The van der Waals surface area contributed by atoms with Crippen molar-refractivity contribution >= 4 is 11.6 Å². The maximum atomic E-state index is 10.2. The van der Waals surface area contributed by atoms with Crippen molar-refractivity contribution in [3.63, 3.8) is 0 Å². The van der Waals surface area contributed by atoms with Crippen molar-refractivity contribution in [1.82, 2.24) is 0 Å². The maximum absolute atomic E-state index is 10.2. The van der Waals surface area contributed by atoms with Crippen molar-refractivity contribution in [2.24, 2.45) is 0 Å². The van der Waals surface area contributed by atoms with Crippen LogP contribution in [-0.4, -0.2) is 11.6 Å². The molecule has 0 aromatic carbocycles. The molecular formula is C12H20Cl4O2Pt2. The van der Waals surface area contributed by atoms with Crippen LogP contribution in [0.15, 0.2) is 23.3 Å². The Balaban J connectivity index is -0.0000000185. The van der Waals surface area contributed by atoms with E-state index in [1.54, 1.807) is 26.0 Å². The molecule has 0 radical (unpaired) electrons. The van der Waals surface area contributed by atoms with Crippen molar-refractivity contribution in [1.29, 1.82) is 0 Å². The summed E-state index contributed by atoms with van der Waals surface area (Å²) in [6.45, 7) is 10.7. The van der Waals surface area contributed by atoms with Gasteiger partial charge in [0, 0.05) is 0 Å². The van der Waals surface area contributed by atoms with Crippen LogP contribution in [0.4, 0.5) is 0 Å². The third-order valence-electron chi connectivity index (χ3n) is 0.984. The molecule has 0 aromatic heterocycles. The Morgan fingerprint density at radius 1 is 0.550 bits per heavy atom. The molecule has 0 atom stereocenters. The molecule has 0 bridgehead atoms. The van der Waals surface area contributed by atoms with Crippen LogP contribution in [0.5, 0.6) is 0 Å². The van der Waals surface area contributed by atoms with Crippen molar-refractivity contribution in [3.8, 4) is 0 Å². The minimum Gasteiger partial charge on any atom is -1.00 e. The molecule has 0 rings (SSSR count). The van der Waals surface area contributed by atoms with Crippen LogP contribution in [0.3, 0.4) is 0 Å². The summed E-state index contributed by atoms with van der Waals surface area (Å²) >= 11 is 0. The predicted molar refractivity (Wildman–Crippen MR) is 60.2 cm³/mol. The summed E-state index contributed by atoms with van der Waals surface area (Å²) in [4.78, 5) is 20.4. The van der Waals surface area contributed by atoms with Crippen molar-refractivity contribution in [2.45, 2.75) is 41.5 Å². The number of hydrogen-bond acceptors (Lipinski definition) is 2. The first-order valence-electron chi connectivity index (χ1n) is 4.56. The molecule has 0 amide bonds. The van der Waals surface area contributed by atoms with Gasteiger partial charge in [0.05, 0.1) is 0 Å². The van der Waals surface area contributed by atoms with Gasteiger partial charge in [-0.25, -0.2) is 0 Å². The minimum atomic E-state index is 0. The Morgan fingerprint density at radius 2 is 0.700 bits per heavy atom. The molecule has 0 aliphatic carbocycles. The first-order chi connectivity index (χ1) is 6.25. The Labute approximate surface area is 176 Å². The van der Waals surface area contributed by atoms with Gasteiger partial charge in [-0.1, -0.05) is 11.1 Å². The van der Waals surface area contributed by atoms with Gasteiger partial charge in [-0.05, 0) is 53.7 Å². The first-order valence-corrected chi connectivity index (χ1v) is 4.56. The van der Waals surface area contributed by atoms with E-state index in [2.05, 4.69) is 0 Å². The van der Waals surface area contributed by atoms with E-state index < -0.39 is 0 Å². The van der Waals surface area contributed by atoms with Gasteiger partial charge in [-0.2, -0.15) is 0 Å². The van der Waals surface area contributed by atoms with E-state index in [4.69, 9.17) is 0 Å². The number of allylic oxidation sites excluding steroid dienone is 4. The third kappa shape index (κ3) is 74.5. The van der Waals surface area contributed by atoms with Crippen LogP contribution in [0, 0.1) is 0 Å². The van der Waals surface area contributed by atoms with Crippen molar-refractivity contribution in [3.05, 3.63) is 23.3 Å². The summed E-state index contributed by atoms with van der Waals surface area (Å²) < 4.78 is 0. The molecule has 0 aromatic rings. The Bertz CT molecular complexity index is 245. The zero-order valence-corrected chi connectivity index (χ0v) is 19.7. The van der Waals surface area contributed by atoms with Gasteiger partial charge in [0.15, 0.2) is 11.6 Å². The first kappa shape index (κ1) is 49.6. The van der Waals surface area contributed by atoms with Crippen LogP contribution in [0.25, 0.3) is 0 Å². The van der Waals surface area contributed by atoms with E-state index in [0.717, 1.165) is 11.1 Å². The molecular weight excluding hydrogens is 708 g/mol. The number of carbonyl (C=O) groups is 2. The van der Waals surface area contributed by atoms with Crippen molar-refractivity contribution < 1.29 is 101 Å². The maximum Gasteiger partial charge on any atom is 2.00 e. The molecule has 0 saturated carbocycles. The minimum absolute atomic E-state index is 0. The monoisotopic (exact) mass is 726 g/mol. The van der Waals surface area contributed by atoms with Gasteiger partial charge in [-0.15, -0.1) is 0 Å². The molecule has 0 unspecified atom stereocenters. The smallest absolute Gasteiger partial charge is 1.00 e. The summed E-state index contributed by atoms with van der Waals surface area (Å²) in [7, 11) is 0. The van der Waals surface area contributed by atoms with Crippen LogP contribution < -0.4 is 49.6 Å². The van der Waals surface area contributed by atoms with Crippen LogP contribution in [-0.2, 0) is 51.7 Å². The number of halogens is 4. The number of carbonyl (C=O) groups excluding carboxylic acids is 2. The average molecular weight is 728 g/mol. The molecule has 0 saturated heterocycles. The topological polar surface area (TPSA) is 34.1 Å². The summed E-state index contributed by atoms with van der Waals surface area (Å²) in [5, 5.41) is 0. The SMILES string of the molecule is CC(=O)C=C(C)C.CC(=O)C=C(C)C.[Cl-].[Cl-].[Cl-].[Cl-].[Pt+2].[Pt+2]. The molecule has 0 aliphatic heterocycles. The van der Waals surface area contributed by atoms with Crippen LogP contribution in [0.1, 0.15) is 41.5 Å². The van der Waals surface area contributed by atoms with E-state index in [0.29, 0.717) is 0 Å². The standard InChI is InChI=1S/2C6H10O.4ClH.2Pt/c2*1-5(2)4-6(3)7;;;;;;/h2*4H,1-3H3;4*1H;;/q;;;;;;2*+2/p-4. The predicted octanol–water partition coefficient (Wildman–Crippen LogP) is -8.91. The molecule has 128 valence electrons. The molecule has 20 heavy (non-hydrogen) atoms. The fraction of sp³-hybridized carbons (Fsp3) is 0.500. The third-order valence-corrected chi connectivity index (χ3v) is 0.984. The molecule has 0 N–H and O–H groups in total. The molecule has 0 spiro atoms. The number of hydrogen-bond donors (Lipinski definition) is 0. The molecule has 2 nitrogen and oxygen atoms in total. The second-order valence-electron chi connectivity index (χ2n) is 3.66. The van der Waals surface area contributed by atoms with Gasteiger partial charge in [0.25, 0.3) is 0 Å². The molecule has 0 heterocycles. The van der Waals surface area contributed by atoms with Gasteiger partial charge < -0.3 is 49.6 Å². The Hall–Kier alpha value is 1.36. The molecule has 8 heteroatoms. The summed E-state index contributed by atoms with van der Waals surface area (Å²) in [5.74, 6) is 0.250. The molecule has 0 aliphatic rings. The van der Waals surface area contributed by atoms with Gasteiger partial charge >= 0.3 is 42.1 Å². The Kier molecular flexibility index (Phi) is 80.2. The van der Waals surface area contributed by atoms with Gasteiger partial charge in [0.1, 0.15) is 0 Å². The normalized spacial score (nSPS) is 5.50. The Morgan fingerprint density at radius 3 is 0.700 bits per heavy atom. The van der Waals surface area contributed by atoms with Crippen LogP contribution in [0.2, 0.25) is 0 Å². The van der Waals surface area contributed by atoms with E-state index in [-0.39, 0.29) is 103 Å². The van der Waals surface area contributed by atoms with E-state index in [1.165, 1.54) is 0 Å². The fourth-order valence-corrected chi connectivity index (χ4v) is 0.813. The van der Waals surface area contributed by atoms with Gasteiger partial charge in [0.2, 0.25) is 0 Å². The summed E-state index contributed by atoms with van der Waals surface area (Å²) in [5.41, 5.74) is 2.13. The summed E-state index contributed by atoms with van der Waals surface area (Å²) in [6, 6.07) is 0. The second kappa shape index (κ2) is 32.3. The summed E-state index contributed by atoms with van der Waals surface area (Å²) in [6.07, 6.45) is 3.22. The van der Waals surface area contributed by atoms with Gasteiger partial charge in [-0.3, -0.25) is 9.59 Å². The number of rotatable bonds is 2. The quantitative estimate of drug-likeness (QED) is 0.265. The molecule has 0 fully saturated rings. The van der Waals surface area contributed by atoms with E-state index in [1.807, 2.05) is 27.7 Å². The van der Waals surface area contributed by atoms with Crippen LogP contribution >= 0.6 is 0 Å². The zero-order chi connectivity index (χ0) is 11.7. The zero-order valence-electron chi connectivity index (χ0n) is 12.1. The second-order valence-corrected chi connectivity index (χ2v) is 3.66. The number of ketones is 2. The largest absolute Gasteiger partial charge is 2.00 e. The van der Waals surface area contributed by atoms with Crippen molar-refractivity contribution in [2.75, 3.05) is 0 Å². The van der Waals surface area contributed by atoms with E-state index in [9.17, 15) is 9.59 Å². The fourth-order valence-electron chi connectivity index (χ4n) is 0.813.